The van der Waals surface area contributed by atoms with E-state index in [2.05, 4.69) is 0 Å². The van der Waals surface area contributed by atoms with Crippen LogP contribution in [-0.4, -0.2) is 63.8 Å². The Morgan fingerprint density at radius 2 is 1.80 bits per heavy atom. The van der Waals surface area contributed by atoms with Gasteiger partial charge in [0.25, 0.3) is 0 Å². The highest BCUT2D eigenvalue weighted by atomic mass is 16.4. The maximum Gasteiger partial charge on any atom is 0.320 e. The van der Waals surface area contributed by atoms with E-state index >= 15 is 0 Å². The number of piperidine rings is 1. The zero-order valence-corrected chi connectivity index (χ0v) is 12.3. The van der Waals surface area contributed by atoms with Gasteiger partial charge in [0.15, 0.2) is 0 Å². The SMILES string of the molecule is CCC1(C(=O)O)CCN(C(=O)N2CCCC(C)(O)C2)C1. The first-order valence-corrected chi connectivity index (χ1v) is 7.29. The van der Waals surface area contributed by atoms with Crippen LogP contribution in [0.2, 0.25) is 0 Å². The zero-order valence-electron chi connectivity index (χ0n) is 12.3. The normalized spacial score (nSPS) is 34.4. The van der Waals surface area contributed by atoms with E-state index in [0.29, 0.717) is 38.9 Å². The number of carboxylic acid groups (broad SMARTS) is 1. The number of carbonyl (C=O) groups is 2. The lowest BCUT2D eigenvalue weighted by Gasteiger charge is -2.38. The number of hydrogen-bond donors (Lipinski definition) is 2. The standard InChI is InChI=1S/C14H24N2O4/c1-3-14(11(17)18)6-8-16(10-14)12(19)15-7-4-5-13(2,20)9-15/h20H,3-10H2,1-2H3,(H,17,18). The molecule has 2 aliphatic heterocycles. The summed E-state index contributed by atoms with van der Waals surface area (Å²) in [5.74, 6) is -0.819. The molecule has 6 nitrogen and oxygen atoms in total. The number of hydrogen-bond acceptors (Lipinski definition) is 3. The molecule has 2 fully saturated rings. The third kappa shape index (κ3) is 2.75. The minimum Gasteiger partial charge on any atom is -0.481 e. The first kappa shape index (κ1) is 15.1. The van der Waals surface area contributed by atoms with Gasteiger partial charge in [0.05, 0.1) is 17.6 Å². The Bertz CT molecular complexity index is 410. The molecule has 2 amide bonds. The van der Waals surface area contributed by atoms with Crippen molar-refractivity contribution in [1.82, 2.24) is 9.80 Å². The van der Waals surface area contributed by atoms with Crippen LogP contribution in [0, 0.1) is 5.41 Å². The lowest BCUT2D eigenvalue weighted by Crippen LogP contribution is -2.52. The molecule has 0 aliphatic carbocycles. The highest BCUT2D eigenvalue weighted by Crippen LogP contribution is 2.35. The molecule has 20 heavy (non-hydrogen) atoms. The molecule has 0 bridgehead atoms. The van der Waals surface area contributed by atoms with Crippen molar-refractivity contribution in [2.24, 2.45) is 5.41 Å². The number of urea groups is 1. The summed E-state index contributed by atoms with van der Waals surface area (Å²) in [4.78, 5) is 27.1. The Labute approximate surface area is 119 Å². The fraction of sp³-hybridized carbons (Fsp3) is 0.857. The van der Waals surface area contributed by atoms with Gasteiger partial charge in [0.2, 0.25) is 0 Å². The Morgan fingerprint density at radius 3 is 2.30 bits per heavy atom. The number of aliphatic hydroxyl groups is 1. The van der Waals surface area contributed by atoms with Gasteiger partial charge >= 0.3 is 12.0 Å². The molecule has 2 unspecified atom stereocenters. The number of carboxylic acids is 1. The Kier molecular flexibility index (Phi) is 3.95. The molecule has 0 spiro atoms. The summed E-state index contributed by atoms with van der Waals surface area (Å²) in [6.45, 7) is 5.32. The van der Waals surface area contributed by atoms with Gasteiger partial charge < -0.3 is 20.0 Å². The van der Waals surface area contributed by atoms with E-state index < -0.39 is 17.0 Å². The van der Waals surface area contributed by atoms with Crippen LogP contribution in [-0.2, 0) is 4.79 Å². The zero-order chi connectivity index (χ0) is 15.0. The van der Waals surface area contributed by atoms with Crippen molar-refractivity contribution in [3.63, 3.8) is 0 Å². The van der Waals surface area contributed by atoms with Crippen molar-refractivity contribution in [1.29, 1.82) is 0 Å². The molecule has 0 saturated carbocycles. The molecule has 0 aromatic rings. The number of nitrogens with zero attached hydrogens (tertiary/aromatic N) is 2. The highest BCUT2D eigenvalue weighted by molar-refractivity contribution is 5.80. The van der Waals surface area contributed by atoms with Crippen LogP contribution in [0.4, 0.5) is 4.79 Å². The molecule has 114 valence electrons. The Balaban J connectivity index is 2.03. The predicted molar refractivity (Wildman–Crippen MR) is 73.4 cm³/mol. The second-order valence-corrected chi connectivity index (χ2v) is 6.42. The molecule has 2 heterocycles. The minimum absolute atomic E-state index is 0.137. The number of β-amino-alcohol motifs (C(OH)–C–C–N with tert-alkyl or cyclic N) is 1. The van der Waals surface area contributed by atoms with Gasteiger partial charge in [-0.05, 0) is 32.6 Å². The monoisotopic (exact) mass is 284 g/mol. The molecule has 2 atom stereocenters. The van der Waals surface area contributed by atoms with Crippen LogP contribution in [0.5, 0.6) is 0 Å². The van der Waals surface area contributed by atoms with Crippen molar-refractivity contribution >= 4 is 12.0 Å². The van der Waals surface area contributed by atoms with E-state index in [1.54, 1.807) is 16.7 Å². The number of likely N-dealkylation sites (tertiary alicyclic amines) is 2. The van der Waals surface area contributed by atoms with Gasteiger partial charge in [0, 0.05) is 19.6 Å². The van der Waals surface area contributed by atoms with E-state index in [9.17, 15) is 19.8 Å². The molecular weight excluding hydrogens is 260 g/mol. The van der Waals surface area contributed by atoms with E-state index in [1.165, 1.54) is 0 Å². The average Bonchev–Trinajstić information content (AvgIpc) is 2.82. The number of rotatable bonds is 2. The lowest BCUT2D eigenvalue weighted by atomic mass is 9.84. The van der Waals surface area contributed by atoms with Gasteiger partial charge in [-0.1, -0.05) is 6.92 Å². The minimum atomic E-state index is -0.831. The second-order valence-electron chi connectivity index (χ2n) is 6.42. The first-order chi connectivity index (χ1) is 9.30. The Hall–Kier alpha value is -1.30. The molecular formula is C14H24N2O4. The van der Waals surface area contributed by atoms with Crippen LogP contribution < -0.4 is 0 Å². The van der Waals surface area contributed by atoms with Gasteiger partial charge in [-0.2, -0.15) is 0 Å². The van der Waals surface area contributed by atoms with E-state index in [0.717, 1.165) is 6.42 Å². The summed E-state index contributed by atoms with van der Waals surface area (Å²) in [6.07, 6.45) is 2.52. The highest BCUT2D eigenvalue weighted by Gasteiger charge is 2.46. The maximum absolute atomic E-state index is 12.5. The average molecular weight is 284 g/mol. The molecule has 2 aliphatic rings. The first-order valence-electron chi connectivity index (χ1n) is 7.29. The summed E-state index contributed by atoms with van der Waals surface area (Å²) >= 11 is 0. The lowest BCUT2D eigenvalue weighted by molar-refractivity contribution is -0.148. The molecule has 0 aromatic heterocycles. The van der Waals surface area contributed by atoms with Crippen molar-refractivity contribution < 1.29 is 19.8 Å². The van der Waals surface area contributed by atoms with Crippen molar-refractivity contribution in [2.45, 2.75) is 45.1 Å². The van der Waals surface area contributed by atoms with Gasteiger partial charge in [-0.15, -0.1) is 0 Å². The fourth-order valence-electron chi connectivity index (χ4n) is 3.23. The summed E-state index contributed by atoms with van der Waals surface area (Å²) in [5, 5.41) is 19.4. The summed E-state index contributed by atoms with van der Waals surface area (Å²) < 4.78 is 0. The predicted octanol–water partition coefficient (Wildman–Crippen LogP) is 1.14. The number of aliphatic carboxylic acids is 1. The third-order valence-corrected chi connectivity index (χ3v) is 4.70. The van der Waals surface area contributed by atoms with Crippen molar-refractivity contribution in [3.8, 4) is 0 Å². The molecule has 2 rings (SSSR count). The summed E-state index contributed by atoms with van der Waals surface area (Å²) in [5.41, 5.74) is -1.63. The van der Waals surface area contributed by atoms with Crippen molar-refractivity contribution in [2.75, 3.05) is 26.2 Å². The molecule has 6 heteroatoms. The van der Waals surface area contributed by atoms with Crippen LogP contribution >= 0.6 is 0 Å². The van der Waals surface area contributed by atoms with Gasteiger partial charge in [0.1, 0.15) is 0 Å². The second kappa shape index (κ2) is 5.24. The van der Waals surface area contributed by atoms with E-state index in [-0.39, 0.29) is 12.6 Å². The van der Waals surface area contributed by atoms with Gasteiger partial charge in [-0.25, -0.2) is 4.79 Å². The summed E-state index contributed by atoms with van der Waals surface area (Å²) in [6, 6.07) is -0.137. The maximum atomic E-state index is 12.5. The Morgan fingerprint density at radius 1 is 1.15 bits per heavy atom. The van der Waals surface area contributed by atoms with Crippen LogP contribution in [0.15, 0.2) is 0 Å². The molecule has 0 aromatic carbocycles. The largest absolute Gasteiger partial charge is 0.481 e. The number of amides is 2. The molecule has 2 N–H and O–H groups in total. The quantitative estimate of drug-likeness (QED) is 0.797. The van der Waals surface area contributed by atoms with Crippen LogP contribution in [0.3, 0.4) is 0 Å². The molecule has 2 saturated heterocycles. The smallest absolute Gasteiger partial charge is 0.320 e. The fourth-order valence-corrected chi connectivity index (χ4v) is 3.23. The molecule has 0 radical (unpaired) electrons. The van der Waals surface area contributed by atoms with Crippen LogP contribution in [0.1, 0.15) is 39.5 Å². The van der Waals surface area contributed by atoms with Crippen LogP contribution in [0.25, 0.3) is 0 Å². The van der Waals surface area contributed by atoms with E-state index in [4.69, 9.17) is 0 Å². The number of carbonyl (C=O) groups excluding carboxylic acids is 1. The summed E-state index contributed by atoms with van der Waals surface area (Å²) in [7, 11) is 0. The third-order valence-electron chi connectivity index (χ3n) is 4.70. The van der Waals surface area contributed by atoms with Gasteiger partial charge in [-0.3, -0.25) is 4.79 Å². The van der Waals surface area contributed by atoms with E-state index in [1.807, 2.05) is 6.92 Å². The van der Waals surface area contributed by atoms with Crippen molar-refractivity contribution in [3.05, 3.63) is 0 Å². The topological polar surface area (TPSA) is 81.1 Å².